The van der Waals surface area contributed by atoms with Gasteiger partial charge in [-0.25, -0.2) is 4.99 Å². The molecule has 2 rings (SSSR count). The van der Waals surface area contributed by atoms with Crippen molar-refractivity contribution < 1.29 is 4.79 Å². The molecule has 1 aromatic rings. The number of hydrogen-bond acceptors (Lipinski definition) is 3. The number of guanidine groups is 1. The molecule has 0 radical (unpaired) electrons. The zero-order chi connectivity index (χ0) is 19.5. The molecule has 1 fully saturated rings. The summed E-state index contributed by atoms with van der Waals surface area (Å²) < 4.78 is 0. The van der Waals surface area contributed by atoms with Crippen molar-refractivity contribution in [3.63, 3.8) is 0 Å². The zero-order valence-corrected chi connectivity index (χ0v) is 17.1. The van der Waals surface area contributed by atoms with Crippen molar-refractivity contribution in [2.45, 2.75) is 45.2 Å². The van der Waals surface area contributed by atoms with Crippen molar-refractivity contribution in [2.24, 2.45) is 4.99 Å². The van der Waals surface area contributed by atoms with E-state index in [0.29, 0.717) is 6.04 Å². The summed E-state index contributed by atoms with van der Waals surface area (Å²) >= 11 is 0. The second-order valence-corrected chi connectivity index (χ2v) is 7.44. The van der Waals surface area contributed by atoms with E-state index >= 15 is 0 Å². The van der Waals surface area contributed by atoms with Crippen LogP contribution in [0.25, 0.3) is 0 Å². The van der Waals surface area contributed by atoms with Gasteiger partial charge in [0.05, 0.1) is 0 Å². The summed E-state index contributed by atoms with van der Waals surface area (Å²) in [7, 11) is 3.52. The molecule has 1 aromatic carbocycles. The van der Waals surface area contributed by atoms with E-state index in [2.05, 4.69) is 57.8 Å². The highest BCUT2D eigenvalue weighted by molar-refractivity contribution is 5.84. The number of piperidine rings is 1. The minimum Gasteiger partial charge on any atom is -0.356 e. The Morgan fingerprint density at radius 2 is 2.07 bits per heavy atom. The fraction of sp³-hybridized carbons (Fsp3) is 0.619. The molecule has 6 heteroatoms. The summed E-state index contributed by atoms with van der Waals surface area (Å²) in [4.78, 5) is 20.5. The van der Waals surface area contributed by atoms with Gasteiger partial charge in [0.1, 0.15) is 6.54 Å². The quantitative estimate of drug-likeness (QED) is 0.416. The highest BCUT2D eigenvalue weighted by atomic mass is 16.2. The van der Waals surface area contributed by atoms with Gasteiger partial charge in [-0.1, -0.05) is 43.7 Å². The van der Waals surface area contributed by atoms with Crippen LogP contribution in [0.5, 0.6) is 0 Å². The third kappa shape index (κ3) is 7.99. The van der Waals surface area contributed by atoms with Gasteiger partial charge in [-0.3, -0.25) is 9.69 Å². The smallest absolute Gasteiger partial charge is 0.243 e. The van der Waals surface area contributed by atoms with Crippen LogP contribution >= 0.6 is 0 Å². The number of unbranched alkanes of at least 4 members (excludes halogenated alkanes) is 1. The number of likely N-dealkylation sites (tertiary alicyclic amines) is 1. The van der Waals surface area contributed by atoms with Gasteiger partial charge < -0.3 is 15.5 Å². The van der Waals surface area contributed by atoms with Crippen LogP contribution in [0.1, 0.15) is 38.2 Å². The number of nitrogens with zero attached hydrogens (tertiary/aromatic N) is 3. The van der Waals surface area contributed by atoms with Gasteiger partial charge in [-0.2, -0.15) is 0 Å². The number of nitrogens with one attached hydrogen (secondary N) is 2. The molecule has 2 N–H and O–H groups in total. The minimum atomic E-state index is 0.0148. The average Bonchev–Trinajstić information content (AvgIpc) is 2.67. The minimum absolute atomic E-state index is 0.0148. The van der Waals surface area contributed by atoms with Gasteiger partial charge in [0.15, 0.2) is 5.96 Å². The first-order chi connectivity index (χ1) is 13.1. The van der Waals surface area contributed by atoms with Crippen molar-refractivity contribution in [1.82, 2.24) is 20.4 Å². The summed E-state index contributed by atoms with van der Waals surface area (Å²) in [5.41, 5.74) is 1.35. The van der Waals surface area contributed by atoms with E-state index in [-0.39, 0.29) is 12.5 Å². The van der Waals surface area contributed by atoms with Crippen molar-refractivity contribution in [3.05, 3.63) is 35.9 Å². The maximum absolute atomic E-state index is 11.9. The van der Waals surface area contributed by atoms with Crippen LogP contribution in [0.2, 0.25) is 0 Å². The fourth-order valence-corrected chi connectivity index (χ4v) is 3.18. The highest BCUT2D eigenvalue weighted by Crippen LogP contribution is 2.13. The van der Waals surface area contributed by atoms with E-state index in [1.54, 1.807) is 19.0 Å². The summed E-state index contributed by atoms with van der Waals surface area (Å²) in [6.45, 7) is 6.32. The molecular weight excluding hydrogens is 338 g/mol. The second kappa shape index (κ2) is 11.6. The predicted octanol–water partition coefficient (Wildman–Crippen LogP) is 2.07. The topological polar surface area (TPSA) is 60.0 Å². The molecule has 1 amide bonds. The van der Waals surface area contributed by atoms with Gasteiger partial charge in [0.25, 0.3) is 0 Å². The van der Waals surface area contributed by atoms with Gasteiger partial charge in [-0.15, -0.1) is 0 Å². The molecule has 1 aliphatic rings. The monoisotopic (exact) mass is 373 g/mol. The first kappa shape index (κ1) is 21.2. The summed E-state index contributed by atoms with van der Waals surface area (Å²) in [5, 5.41) is 6.93. The normalized spacial score (nSPS) is 18.2. The average molecular weight is 374 g/mol. The van der Waals surface area contributed by atoms with Crippen molar-refractivity contribution in [3.8, 4) is 0 Å². The first-order valence-electron chi connectivity index (χ1n) is 10.1. The van der Waals surface area contributed by atoms with E-state index in [9.17, 15) is 4.79 Å². The fourth-order valence-electron chi connectivity index (χ4n) is 3.18. The highest BCUT2D eigenvalue weighted by Gasteiger charge is 2.21. The zero-order valence-electron chi connectivity index (χ0n) is 17.1. The van der Waals surface area contributed by atoms with E-state index in [4.69, 9.17) is 0 Å². The number of carbonyl (C=O) groups is 1. The molecule has 27 heavy (non-hydrogen) atoms. The van der Waals surface area contributed by atoms with Crippen LogP contribution in [0, 0.1) is 0 Å². The van der Waals surface area contributed by atoms with Crippen molar-refractivity contribution in [2.75, 3.05) is 40.3 Å². The number of hydrogen-bond donors (Lipinski definition) is 2. The Bertz CT molecular complexity index is 587. The molecule has 6 nitrogen and oxygen atoms in total. The van der Waals surface area contributed by atoms with Crippen molar-refractivity contribution >= 4 is 11.9 Å². The number of rotatable bonds is 8. The maximum atomic E-state index is 11.9. The molecule has 1 atom stereocenters. The standard InChI is InChI=1S/C21H35N5O/c1-4-5-13-22-21(23-15-20(27)25(2)3)24-19-12-9-14-26(17-19)16-18-10-7-6-8-11-18/h6-8,10-11,19H,4-5,9,12-17H2,1-3H3,(H2,22,23,24). The molecule has 0 aromatic heterocycles. The van der Waals surface area contributed by atoms with E-state index in [1.165, 1.54) is 12.0 Å². The van der Waals surface area contributed by atoms with E-state index < -0.39 is 0 Å². The molecule has 1 unspecified atom stereocenters. The Morgan fingerprint density at radius 3 is 2.78 bits per heavy atom. The molecule has 0 saturated carbocycles. The van der Waals surface area contributed by atoms with Gasteiger partial charge in [0.2, 0.25) is 5.91 Å². The lowest BCUT2D eigenvalue weighted by Gasteiger charge is -2.34. The van der Waals surface area contributed by atoms with Gasteiger partial charge in [-0.05, 0) is 31.4 Å². The van der Waals surface area contributed by atoms with Gasteiger partial charge >= 0.3 is 0 Å². The largest absolute Gasteiger partial charge is 0.356 e. The second-order valence-electron chi connectivity index (χ2n) is 7.44. The van der Waals surface area contributed by atoms with Crippen LogP contribution in [-0.4, -0.2) is 68.0 Å². The van der Waals surface area contributed by atoms with Crippen LogP contribution in [-0.2, 0) is 11.3 Å². The Morgan fingerprint density at radius 1 is 1.30 bits per heavy atom. The molecule has 1 aliphatic heterocycles. The Kier molecular flexibility index (Phi) is 9.11. The van der Waals surface area contributed by atoms with Crippen LogP contribution in [0.3, 0.4) is 0 Å². The Hall–Kier alpha value is -2.08. The number of aliphatic imine (C=N–C) groups is 1. The van der Waals surface area contributed by atoms with E-state index in [1.807, 2.05) is 0 Å². The molecule has 150 valence electrons. The van der Waals surface area contributed by atoms with E-state index in [0.717, 1.165) is 51.4 Å². The molecule has 1 saturated heterocycles. The van der Waals surface area contributed by atoms with Crippen molar-refractivity contribution in [1.29, 1.82) is 0 Å². The van der Waals surface area contributed by atoms with Crippen LogP contribution in [0.4, 0.5) is 0 Å². The number of carbonyl (C=O) groups excluding carboxylic acids is 1. The SMILES string of the molecule is CCCCNC(=NCC(=O)N(C)C)NC1CCCN(Cc2ccccc2)C1. The Labute approximate surface area is 164 Å². The van der Waals surface area contributed by atoms with Crippen LogP contribution < -0.4 is 10.6 Å². The maximum Gasteiger partial charge on any atom is 0.243 e. The Balaban J connectivity index is 1.91. The lowest BCUT2D eigenvalue weighted by Crippen LogP contribution is -2.51. The number of benzene rings is 1. The summed E-state index contributed by atoms with van der Waals surface area (Å²) in [5.74, 6) is 0.770. The lowest BCUT2D eigenvalue weighted by molar-refractivity contribution is -0.127. The molecule has 0 spiro atoms. The van der Waals surface area contributed by atoms with Crippen LogP contribution in [0.15, 0.2) is 35.3 Å². The first-order valence-corrected chi connectivity index (χ1v) is 10.1. The summed E-state index contributed by atoms with van der Waals surface area (Å²) in [6.07, 6.45) is 4.52. The molecule has 1 heterocycles. The number of likely N-dealkylation sites (N-methyl/N-ethyl adjacent to an activating group) is 1. The molecular formula is C21H35N5O. The molecule has 0 bridgehead atoms. The summed E-state index contributed by atoms with van der Waals surface area (Å²) in [6, 6.07) is 11.0. The number of amides is 1. The third-order valence-electron chi connectivity index (χ3n) is 4.79. The molecule has 0 aliphatic carbocycles. The third-order valence-corrected chi connectivity index (χ3v) is 4.79. The lowest BCUT2D eigenvalue weighted by atomic mass is 10.0. The predicted molar refractivity (Wildman–Crippen MR) is 112 cm³/mol. The van der Waals surface area contributed by atoms with Gasteiger partial charge in [0, 0.05) is 39.8 Å².